The fraction of sp³-hybridized carbons (Fsp3) is 0.167. The molecule has 96 valence electrons. The van der Waals surface area contributed by atoms with Gasteiger partial charge in [0.15, 0.2) is 0 Å². The first-order valence-corrected chi connectivity index (χ1v) is 7.69. The summed E-state index contributed by atoms with van der Waals surface area (Å²) in [6, 6.07) is 6.16. The van der Waals surface area contributed by atoms with Crippen LogP contribution in [0.2, 0.25) is 5.02 Å². The van der Waals surface area contributed by atoms with Gasteiger partial charge >= 0.3 is 5.97 Å². The number of ketones is 1. The highest BCUT2D eigenvalue weighted by molar-refractivity contribution is 8.21. The minimum absolute atomic E-state index is 0.197. The van der Waals surface area contributed by atoms with Crippen molar-refractivity contribution < 1.29 is 14.7 Å². The van der Waals surface area contributed by atoms with Crippen molar-refractivity contribution in [3.63, 3.8) is 0 Å². The second-order valence-corrected chi connectivity index (χ2v) is 5.54. The van der Waals surface area contributed by atoms with E-state index >= 15 is 0 Å². The van der Waals surface area contributed by atoms with Crippen LogP contribution in [0.5, 0.6) is 0 Å². The van der Waals surface area contributed by atoms with Gasteiger partial charge in [0, 0.05) is 10.6 Å². The summed E-state index contributed by atoms with van der Waals surface area (Å²) in [6.45, 7) is 0. The number of carboxylic acid groups (broad SMARTS) is 1. The van der Waals surface area contributed by atoms with Gasteiger partial charge in [-0.2, -0.15) is 0 Å². The smallest absolute Gasteiger partial charge is 0.341 e. The van der Waals surface area contributed by atoms with E-state index in [2.05, 4.69) is 0 Å². The zero-order valence-electron chi connectivity index (χ0n) is 9.77. The van der Waals surface area contributed by atoms with E-state index in [1.54, 1.807) is 24.6 Å². The SMILES string of the molecule is CSC(SC)=C(C(=O)O)C(=O)c1ccc(Cl)cc1. The molecule has 0 saturated carbocycles. The summed E-state index contributed by atoms with van der Waals surface area (Å²) in [4.78, 5) is 23.4. The van der Waals surface area contributed by atoms with E-state index in [-0.39, 0.29) is 5.57 Å². The maximum absolute atomic E-state index is 12.1. The molecule has 0 heterocycles. The molecule has 1 rings (SSSR count). The van der Waals surface area contributed by atoms with E-state index in [1.807, 2.05) is 0 Å². The van der Waals surface area contributed by atoms with Gasteiger partial charge in [0.05, 0.1) is 4.24 Å². The van der Waals surface area contributed by atoms with Gasteiger partial charge in [0.2, 0.25) is 5.78 Å². The Bertz CT molecular complexity index is 489. The Morgan fingerprint density at radius 3 is 2.00 bits per heavy atom. The molecule has 0 fully saturated rings. The molecule has 0 aliphatic carbocycles. The standard InChI is InChI=1S/C12H11ClO3S2/c1-17-12(18-2)9(11(15)16)10(14)7-3-5-8(13)6-4-7/h3-6H,1-2H3,(H,15,16). The van der Waals surface area contributed by atoms with Crippen molar-refractivity contribution in [1.82, 2.24) is 0 Å². The largest absolute Gasteiger partial charge is 0.477 e. The zero-order chi connectivity index (χ0) is 13.7. The van der Waals surface area contributed by atoms with Crippen LogP contribution in [0, 0.1) is 0 Å². The Morgan fingerprint density at radius 1 is 1.11 bits per heavy atom. The molecule has 0 aliphatic heterocycles. The van der Waals surface area contributed by atoms with Crippen LogP contribution < -0.4 is 0 Å². The number of halogens is 1. The number of hydrogen-bond acceptors (Lipinski definition) is 4. The monoisotopic (exact) mass is 302 g/mol. The fourth-order valence-corrected chi connectivity index (χ4v) is 2.87. The minimum atomic E-state index is -1.21. The van der Waals surface area contributed by atoms with Crippen LogP contribution in [0.25, 0.3) is 0 Å². The van der Waals surface area contributed by atoms with Gasteiger partial charge in [0.25, 0.3) is 0 Å². The van der Waals surface area contributed by atoms with Crippen LogP contribution in [0.1, 0.15) is 10.4 Å². The summed E-state index contributed by atoms with van der Waals surface area (Å²) in [7, 11) is 0. The number of thioether (sulfide) groups is 2. The third-order valence-corrected chi connectivity index (χ3v) is 4.52. The lowest BCUT2D eigenvalue weighted by Gasteiger charge is -2.07. The van der Waals surface area contributed by atoms with E-state index in [1.165, 1.54) is 35.7 Å². The summed E-state index contributed by atoms with van der Waals surface area (Å²) in [5.74, 6) is -1.72. The van der Waals surface area contributed by atoms with E-state index in [0.717, 1.165) is 0 Å². The summed E-state index contributed by atoms with van der Waals surface area (Å²) >= 11 is 8.22. The number of carboxylic acids is 1. The van der Waals surface area contributed by atoms with Crippen LogP contribution in [0.3, 0.4) is 0 Å². The summed E-state index contributed by atoms with van der Waals surface area (Å²) in [5, 5.41) is 9.66. The second kappa shape index (κ2) is 6.87. The molecule has 1 aromatic carbocycles. The first-order valence-electron chi connectivity index (χ1n) is 4.87. The maximum Gasteiger partial charge on any atom is 0.341 e. The van der Waals surface area contributed by atoms with Crippen molar-refractivity contribution in [2.45, 2.75) is 0 Å². The van der Waals surface area contributed by atoms with Gasteiger partial charge in [0.1, 0.15) is 5.57 Å². The molecule has 18 heavy (non-hydrogen) atoms. The van der Waals surface area contributed by atoms with Crippen molar-refractivity contribution in [2.75, 3.05) is 12.5 Å². The zero-order valence-corrected chi connectivity index (χ0v) is 12.2. The Hall–Kier alpha value is -0.910. The van der Waals surface area contributed by atoms with Crippen LogP contribution in [0.4, 0.5) is 0 Å². The van der Waals surface area contributed by atoms with Crippen LogP contribution >= 0.6 is 35.1 Å². The van der Waals surface area contributed by atoms with Crippen molar-refractivity contribution in [2.24, 2.45) is 0 Å². The van der Waals surface area contributed by atoms with E-state index in [4.69, 9.17) is 16.7 Å². The number of benzene rings is 1. The maximum atomic E-state index is 12.1. The first-order chi connectivity index (χ1) is 8.51. The second-order valence-electron chi connectivity index (χ2n) is 3.21. The molecule has 6 heteroatoms. The van der Waals surface area contributed by atoms with Gasteiger partial charge in [-0.15, -0.1) is 23.5 Å². The van der Waals surface area contributed by atoms with Crippen LogP contribution in [-0.2, 0) is 4.79 Å². The third-order valence-electron chi connectivity index (χ3n) is 2.12. The predicted molar refractivity (Wildman–Crippen MR) is 77.5 cm³/mol. The Balaban J connectivity index is 3.24. The van der Waals surface area contributed by atoms with Crippen molar-refractivity contribution in [1.29, 1.82) is 0 Å². The lowest BCUT2D eigenvalue weighted by atomic mass is 10.1. The van der Waals surface area contributed by atoms with Gasteiger partial charge in [-0.05, 0) is 36.8 Å². The summed E-state index contributed by atoms with van der Waals surface area (Å²) in [5.41, 5.74) is 0.120. The molecule has 0 radical (unpaired) electrons. The molecule has 3 nitrogen and oxygen atoms in total. The molecule has 1 N–H and O–H groups in total. The third kappa shape index (κ3) is 3.54. The molecule has 0 amide bonds. The lowest BCUT2D eigenvalue weighted by Crippen LogP contribution is -2.14. The number of rotatable bonds is 5. The van der Waals surface area contributed by atoms with E-state index < -0.39 is 11.8 Å². The molecule has 0 spiro atoms. The fourth-order valence-electron chi connectivity index (χ4n) is 1.31. The lowest BCUT2D eigenvalue weighted by molar-refractivity contribution is -0.132. The van der Waals surface area contributed by atoms with Gasteiger partial charge in [-0.25, -0.2) is 4.79 Å². The highest BCUT2D eigenvalue weighted by Gasteiger charge is 2.23. The normalized spacial score (nSPS) is 9.94. The number of carbonyl (C=O) groups is 2. The Labute approximate surface area is 119 Å². The van der Waals surface area contributed by atoms with Gasteiger partial charge in [-0.3, -0.25) is 4.79 Å². The average Bonchev–Trinajstić information content (AvgIpc) is 2.35. The van der Waals surface area contributed by atoms with E-state index in [0.29, 0.717) is 14.8 Å². The van der Waals surface area contributed by atoms with Crippen LogP contribution in [-0.4, -0.2) is 29.4 Å². The topological polar surface area (TPSA) is 54.4 Å². The highest BCUT2D eigenvalue weighted by Crippen LogP contribution is 2.29. The summed E-state index contributed by atoms with van der Waals surface area (Å²) < 4.78 is 0.488. The van der Waals surface area contributed by atoms with Gasteiger partial charge < -0.3 is 5.11 Å². The Kier molecular flexibility index (Phi) is 5.78. The van der Waals surface area contributed by atoms with E-state index in [9.17, 15) is 9.59 Å². The molecule has 0 atom stereocenters. The molecule has 0 bridgehead atoms. The van der Waals surface area contributed by atoms with Gasteiger partial charge in [-0.1, -0.05) is 11.6 Å². The quantitative estimate of drug-likeness (QED) is 0.390. The molecule has 0 aliphatic rings. The van der Waals surface area contributed by atoms with Crippen LogP contribution in [0.15, 0.2) is 34.1 Å². The molecular weight excluding hydrogens is 292 g/mol. The van der Waals surface area contributed by atoms with Crippen molar-refractivity contribution in [3.05, 3.63) is 44.7 Å². The first kappa shape index (κ1) is 15.1. The number of Topliss-reactive ketones (excluding diaryl/α,β-unsaturated/α-hetero) is 1. The molecule has 0 aromatic heterocycles. The molecule has 0 saturated heterocycles. The van der Waals surface area contributed by atoms with Crippen molar-refractivity contribution in [3.8, 4) is 0 Å². The number of hydrogen-bond donors (Lipinski definition) is 1. The molecule has 0 unspecified atom stereocenters. The number of aliphatic carboxylic acids is 1. The Morgan fingerprint density at radius 2 is 1.61 bits per heavy atom. The van der Waals surface area contributed by atoms with Crippen molar-refractivity contribution >= 4 is 46.9 Å². The summed E-state index contributed by atoms with van der Waals surface area (Å²) in [6.07, 6.45) is 3.48. The predicted octanol–water partition coefficient (Wildman–Crippen LogP) is 3.54. The minimum Gasteiger partial charge on any atom is -0.477 e. The molecule has 1 aromatic rings. The molecular formula is C12H11ClO3S2. The number of carbonyl (C=O) groups excluding carboxylic acids is 1. The average molecular weight is 303 g/mol. The highest BCUT2D eigenvalue weighted by atomic mass is 35.5.